The van der Waals surface area contributed by atoms with E-state index in [0.29, 0.717) is 18.3 Å². The Bertz CT molecular complexity index is 351. The van der Waals surface area contributed by atoms with Gasteiger partial charge in [-0.1, -0.05) is 17.7 Å². The molecule has 0 spiro atoms. The number of carboxylic acids is 1. The SMILES string of the molecule is O=C(O)CC1CCC2C1=C1C=CC2C1. The van der Waals surface area contributed by atoms with Crippen LogP contribution in [0.25, 0.3) is 0 Å². The summed E-state index contributed by atoms with van der Waals surface area (Å²) in [6.45, 7) is 0. The van der Waals surface area contributed by atoms with Gasteiger partial charge in [-0.3, -0.25) is 4.79 Å². The van der Waals surface area contributed by atoms with Crippen LogP contribution in [0.1, 0.15) is 25.7 Å². The second-order valence-corrected chi connectivity index (χ2v) is 4.69. The summed E-state index contributed by atoms with van der Waals surface area (Å²) in [5.74, 6) is 1.14. The fourth-order valence-corrected chi connectivity index (χ4v) is 3.48. The van der Waals surface area contributed by atoms with Gasteiger partial charge in [0.25, 0.3) is 0 Å². The molecule has 0 radical (unpaired) electrons. The van der Waals surface area contributed by atoms with Gasteiger partial charge < -0.3 is 5.11 Å². The minimum Gasteiger partial charge on any atom is -0.481 e. The molecule has 3 aliphatic carbocycles. The van der Waals surface area contributed by atoms with Crippen molar-refractivity contribution in [2.75, 3.05) is 0 Å². The predicted molar refractivity (Wildman–Crippen MR) is 52.7 cm³/mol. The topological polar surface area (TPSA) is 37.3 Å². The van der Waals surface area contributed by atoms with Crippen molar-refractivity contribution >= 4 is 5.97 Å². The van der Waals surface area contributed by atoms with E-state index in [9.17, 15) is 4.79 Å². The number of hydrogen-bond acceptors (Lipinski definition) is 1. The predicted octanol–water partition coefficient (Wildman–Crippen LogP) is 2.37. The molecule has 3 aliphatic rings. The lowest BCUT2D eigenvalue weighted by molar-refractivity contribution is -0.137. The number of allylic oxidation sites excluding steroid dienone is 4. The standard InChI is InChI=1S/C12H14O2/c13-11(14)6-9-3-4-10-7-1-2-8(5-7)12(9)10/h1-2,7,9-10H,3-6H2,(H,13,14). The Labute approximate surface area is 83.3 Å². The molecular weight excluding hydrogens is 176 g/mol. The summed E-state index contributed by atoms with van der Waals surface area (Å²) in [4.78, 5) is 10.7. The fourth-order valence-electron chi connectivity index (χ4n) is 3.48. The first-order valence-corrected chi connectivity index (χ1v) is 5.38. The van der Waals surface area contributed by atoms with Gasteiger partial charge in [-0.15, -0.1) is 0 Å². The highest BCUT2D eigenvalue weighted by Gasteiger charge is 2.43. The lowest BCUT2D eigenvalue weighted by atomic mass is 9.89. The molecule has 0 saturated heterocycles. The van der Waals surface area contributed by atoms with Crippen LogP contribution in [-0.2, 0) is 4.79 Å². The quantitative estimate of drug-likeness (QED) is 0.725. The molecule has 0 heterocycles. The van der Waals surface area contributed by atoms with Crippen LogP contribution in [0.2, 0.25) is 0 Å². The molecule has 2 nitrogen and oxygen atoms in total. The van der Waals surface area contributed by atoms with Crippen LogP contribution in [0.3, 0.4) is 0 Å². The average Bonchev–Trinajstić information content (AvgIpc) is 2.74. The third-order valence-corrected chi connectivity index (χ3v) is 3.97. The van der Waals surface area contributed by atoms with Crippen LogP contribution in [0.15, 0.2) is 23.3 Å². The first kappa shape index (κ1) is 8.27. The lowest BCUT2D eigenvalue weighted by Gasteiger charge is -2.16. The molecule has 1 saturated carbocycles. The maximum absolute atomic E-state index is 10.7. The number of rotatable bonds is 2. The third-order valence-electron chi connectivity index (χ3n) is 3.97. The van der Waals surface area contributed by atoms with E-state index < -0.39 is 5.97 Å². The lowest BCUT2D eigenvalue weighted by Crippen LogP contribution is -2.10. The summed E-state index contributed by atoms with van der Waals surface area (Å²) in [5.41, 5.74) is 2.96. The van der Waals surface area contributed by atoms with E-state index in [4.69, 9.17) is 5.11 Å². The maximum Gasteiger partial charge on any atom is 0.303 e. The molecular formula is C12H14O2. The second-order valence-electron chi connectivity index (χ2n) is 4.69. The van der Waals surface area contributed by atoms with Crippen molar-refractivity contribution < 1.29 is 9.90 Å². The molecule has 0 amide bonds. The molecule has 1 N–H and O–H groups in total. The number of hydrogen-bond donors (Lipinski definition) is 1. The van der Waals surface area contributed by atoms with E-state index in [0.717, 1.165) is 12.3 Å². The van der Waals surface area contributed by atoms with Crippen molar-refractivity contribution in [1.29, 1.82) is 0 Å². The van der Waals surface area contributed by atoms with Crippen LogP contribution < -0.4 is 0 Å². The van der Waals surface area contributed by atoms with Crippen LogP contribution in [0.5, 0.6) is 0 Å². The molecule has 2 heteroatoms. The van der Waals surface area contributed by atoms with Crippen LogP contribution >= 0.6 is 0 Å². The molecule has 3 unspecified atom stereocenters. The number of carboxylic acid groups (broad SMARTS) is 1. The summed E-state index contributed by atoms with van der Waals surface area (Å²) in [6, 6.07) is 0. The van der Waals surface area contributed by atoms with Gasteiger partial charge in [-0.2, -0.15) is 0 Å². The molecule has 1 fully saturated rings. The van der Waals surface area contributed by atoms with E-state index in [-0.39, 0.29) is 0 Å². The van der Waals surface area contributed by atoms with Crippen molar-refractivity contribution in [1.82, 2.24) is 0 Å². The van der Waals surface area contributed by atoms with Gasteiger partial charge in [0, 0.05) is 0 Å². The second kappa shape index (κ2) is 2.72. The summed E-state index contributed by atoms with van der Waals surface area (Å²) in [5, 5.41) is 8.82. The first-order chi connectivity index (χ1) is 6.75. The smallest absolute Gasteiger partial charge is 0.303 e. The minimum atomic E-state index is -0.643. The molecule has 3 rings (SSSR count). The van der Waals surface area contributed by atoms with Crippen molar-refractivity contribution in [2.45, 2.75) is 25.7 Å². The number of fused-ring (bicyclic) bond motifs is 4. The molecule has 2 bridgehead atoms. The van der Waals surface area contributed by atoms with Crippen LogP contribution in [0, 0.1) is 17.8 Å². The Morgan fingerprint density at radius 3 is 3.14 bits per heavy atom. The molecule has 0 aromatic carbocycles. The Morgan fingerprint density at radius 1 is 1.50 bits per heavy atom. The van der Waals surface area contributed by atoms with Gasteiger partial charge >= 0.3 is 5.97 Å². The Kier molecular flexibility index (Phi) is 1.61. The summed E-state index contributed by atoms with van der Waals surface area (Å²) in [6.07, 6.45) is 8.37. The highest BCUT2D eigenvalue weighted by atomic mass is 16.4. The maximum atomic E-state index is 10.7. The van der Waals surface area contributed by atoms with Gasteiger partial charge in [0.15, 0.2) is 0 Å². The number of carbonyl (C=O) groups is 1. The Morgan fingerprint density at radius 2 is 2.36 bits per heavy atom. The fraction of sp³-hybridized carbons (Fsp3) is 0.583. The molecule has 14 heavy (non-hydrogen) atoms. The highest BCUT2D eigenvalue weighted by Crippen LogP contribution is 2.54. The Hall–Kier alpha value is -1.05. The largest absolute Gasteiger partial charge is 0.481 e. The van der Waals surface area contributed by atoms with Crippen molar-refractivity contribution in [3.8, 4) is 0 Å². The van der Waals surface area contributed by atoms with Crippen LogP contribution in [0.4, 0.5) is 0 Å². The average molecular weight is 190 g/mol. The number of aliphatic carboxylic acids is 1. The van der Waals surface area contributed by atoms with E-state index in [2.05, 4.69) is 12.2 Å². The molecule has 3 atom stereocenters. The zero-order valence-corrected chi connectivity index (χ0v) is 8.07. The van der Waals surface area contributed by atoms with Crippen molar-refractivity contribution in [3.05, 3.63) is 23.3 Å². The normalized spacial score (nSPS) is 38.1. The van der Waals surface area contributed by atoms with Gasteiger partial charge in [-0.25, -0.2) is 0 Å². The zero-order valence-electron chi connectivity index (χ0n) is 8.07. The minimum absolute atomic E-state index is 0.343. The molecule has 0 aromatic heterocycles. The van der Waals surface area contributed by atoms with Crippen molar-refractivity contribution in [3.63, 3.8) is 0 Å². The van der Waals surface area contributed by atoms with Gasteiger partial charge in [0.1, 0.15) is 0 Å². The molecule has 0 aromatic rings. The van der Waals surface area contributed by atoms with E-state index in [1.54, 1.807) is 0 Å². The first-order valence-electron chi connectivity index (χ1n) is 5.38. The summed E-state index contributed by atoms with van der Waals surface area (Å²) < 4.78 is 0. The zero-order chi connectivity index (χ0) is 9.71. The van der Waals surface area contributed by atoms with Crippen molar-refractivity contribution in [2.24, 2.45) is 17.8 Å². The van der Waals surface area contributed by atoms with Gasteiger partial charge in [-0.05, 0) is 42.6 Å². The van der Waals surface area contributed by atoms with Gasteiger partial charge in [0.2, 0.25) is 0 Å². The molecule has 0 aliphatic heterocycles. The van der Waals surface area contributed by atoms with E-state index in [1.165, 1.54) is 24.0 Å². The highest BCUT2D eigenvalue weighted by molar-refractivity contribution is 5.68. The monoisotopic (exact) mass is 190 g/mol. The van der Waals surface area contributed by atoms with Gasteiger partial charge in [0.05, 0.1) is 6.42 Å². The van der Waals surface area contributed by atoms with Crippen LogP contribution in [-0.4, -0.2) is 11.1 Å². The Balaban J connectivity index is 1.90. The van der Waals surface area contributed by atoms with E-state index >= 15 is 0 Å². The molecule has 74 valence electrons. The summed E-state index contributed by atoms with van der Waals surface area (Å²) >= 11 is 0. The summed E-state index contributed by atoms with van der Waals surface area (Å²) in [7, 11) is 0. The van der Waals surface area contributed by atoms with E-state index in [1.807, 2.05) is 0 Å². The third kappa shape index (κ3) is 0.999.